The van der Waals surface area contributed by atoms with E-state index in [4.69, 9.17) is 4.52 Å². The van der Waals surface area contributed by atoms with E-state index in [0.717, 1.165) is 0 Å². The maximum absolute atomic E-state index is 15.0. The summed E-state index contributed by atoms with van der Waals surface area (Å²) in [7, 11) is 0. The minimum atomic E-state index is -6.71. The molecule has 4 rings (SSSR count). The van der Waals surface area contributed by atoms with Gasteiger partial charge in [-0.2, -0.15) is 0 Å². The molecule has 0 aliphatic carbocycles. The zero-order chi connectivity index (χ0) is 28.4. The molecule has 0 saturated carbocycles. The van der Waals surface area contributed by atoms with Gasteiger partial charge in [0.05, 0.1) is 0 Å². The molecule has 4 aromatic rings. The molecule has 2 nitrogen and oxygen atoms in total. The monoisotopic (exact) mass is 566 g/mol. The second kappa shape index (κ2) is 10.1. The normalized spacial score (nSPS) is 13.8. The van der Waals surface area contributed by atoms with Crippen molar-refractivity contribution in [3.05, 3.63) is 127 Å². The van der Waals surface area contributed by atoms with Crippen molar-refractivity contribution in [2.75, 3.05) is 0 Å². The van der Waals surface area contributed by atoms with Crippen molar-refractivity contribution in [2.45, 2.75) is 24.2 Å². The number of carbonyl (C=O) groups is 1. The summed E-state index contributed by atoms with van der Waals surface area (Å²) in [5, 5.41) is 0.553. The first-order chi connectivity index (χ1) is 18.4. The fraction of sp³-hybridized carbons (Fsp3) is 0.138. The summed E-state index contributed by atoms with van der Waals surface area (Å²) in [6.07, 6.45) is -7.00. The molecule has 39 heavy (non-hydrogen) atoms. The Morgan fingerprint density at radius 2 is 0.897 bits per heavy atom. The first-order valence-electron chi connectivity index (χ1n) is 11.6. The van der Waals surface area contributed by atoms with Gasteiger partial charge in [0.1, 0.15) is 0 Å². The Hall–Kier alpha value is -3.71. The number of alkyl halides is 7. The molecule has 0 unspecified atom stereocenters. The number of carbonyl (C=O) groups excluding carboxylic acids is 1. The van der Waals surface area contributed by atoms with Crippen molar-refractivity contribution in [3.8, 4) is 0 Å². The molecule has 0 saturated heterocycles. The van der Waals surface area contributed by atoms with Crippen LogP contribution in [0.3, 0.4) is 0 Å². The minimum absolute atomic E-state index is 0.184. The molecule has 204 valence electrons. The van der Waals surface area contributed by atoms with Crippen LogP contribution in [0.15, 0.2) is 121 Å². The van der Waals surface area contributed by atoms with Crippen molar-refractivity contribution >= 4 is 28.7 Å². The van der Waals surface area contributed by atoms with Crippen molar-refractivity contribution in [1.29, 1.82) is 0 Å². The Morgan fingerprint density at radius 1 is 0.564 bits per heavy atom. The van der Waals surface area contributed by atoms with Crippen LogP contribution in [0.25, 0.3) is 0 Å². The molecule has 0 spiro atoms. The molecule has 0 radical (unpaired) electrons. The third-order valence-corrected chi connectivity index (χ3v) is 12.2. The van der Waals surface area contributed by atoms with Gasteiger partial charge in [0, 0.05) is 0 Å². The quantitative estimate of drug-likeness (QED) is 0.170. The Kier molecular flexibility index (Phi) is 7.34. The molecule has 0 N–H and O–H groups in total. The average Bonchev–Trinajstić information content (AvgIpc) is 2.94. The molecule has 10 heteroatoms. The second-order valence-corrected chi connectivity index (χ2v) is 13.4. The molecule has 0 fully saturated rings. The van der Waals surface area contributed by atoms with Gasteiger partial charge < -0.3 is 0 Å². The SMILES string of the molecule is O=C(OP(Cc1ccccc1)(c1ccccc1)(c1ccccc1)c1ccccc1)C(F)(F)C(F)(F)C(F)(F)F. The van der Waals surface area contributed by atoms with E-state index in [2.05, 4.69) is 0 Å². The predicted octanol–water partition coefficient (Wildman–Crippen LogP) is 7.01. The molecular formula is C29H22F7O2P. The molecule has 0 heterocycles. The summed E-state index contributed by atoms with van der Waals surface area (Å²) < 4.78 is 103. The Balaban J connectivity index is 2.15. The maximum atomic E-state index is 15.0. The van der Waals surface area contributed by atoms with Crippen molar-refractivity contribution in [1.82, 2.24) is 0 Å². The van der Waals surface area contributed by atoms with Crippen LogP contribution in [0.1, 0.15) is 5.56 Å². The van der Waals surface area contributed by atoms with Crippen LogP contribution in [-0.2, 0) is 15.5 Å². The summed E-state index contributed by atoms with van der Waals surface area (Å²) in [6, 6.07) is 31.3. The first-order valence-corrected chi connectivity index (χ1v) is 14.0. The fourth-order valence-corrected chi connectivity index (χ4v) is 10.2. The summed E-state index contributed by atoms with van der Waals surface area (Å²) >= 11 is 0. The summed E-state index contributed by atoms with van der Waals surface area (Å²) in [6.45, 7) is -5.09. The van der Waals surface area contributed by atoms with Gasteiger partial charge in [-0.25, -0.2) is 0 Å². The summed E-state index contributed by atoms with van der Waals surface area (Å²) in [4.78, 5) is 13.2. The molecule has 4 aromatic carbocycles. The third-order valence-electron chi connectivity index (χ3n) is 6.53. The van der Waals surface area contributed by atoms with Gasteiger partial charge in [0.2, 0.25) is 0 Å². The summed E-state index contributed by atoms with van der Waals surface area (Å²) in [5.41, 5.74) is 0.477. The van der Waals surface area contributed by atoms with E-state index in [9.17, 15) is 35.5 Å². The van der Waals surface area contributed by atoms with E-state index in [1.807, 2.05) is 0 Å². The van der Waals surface area contributed by atoms with E-state index in [1.165, 1.54) is 36.4 Å². The van der Waals surface area contributed by atoms with Crippen LogP contribution in [0.4, 0.5) is 30.7 Å². The molecular weight excluding hydrogens is 544 g/mol. The number of hydrogen-bond donors (Lipinski definition) is 0. The number of rotatable bonds is 8. The van der Waals surface area contributed by atoms with E-state index < -0.39 is 30.8 Å². The van der Waals surface area contributed by atoms with Gasteiger partial charge >= 0.3 is 220 Å². The number of hydrogen-bond acceptors (Lipinski definition) is 2. The Morgan fingerprint density at radius 3 is 1.23 bits per heavy atom. The van der Waals surface area contributed by atoms with E-state index in [-0.39, 0.29) is 22.1 Å². The van der Waals surface area contributed by atoms with Gasteiger partial charge in [-0.05, 0) is 0 Å². The molecule has 0 aromatic heterocycles. The summed E-state index contributed by atoms with van der Waals surface area (Å²) in [5.74, 6) is -15.9. The van der Waals surface area contributed by atoms with Gasteiger partial charge in [0.25, 0.3) is 0 Å². The van der Waals surface area contributed by atoms with Crippen LogP contribution >= 0.6 is 6.83 Å². The van der Waals surface area contributed by atoms with Gasteiger partial charge in [-0.15, -0.1) is 0 Å². The zero-order valence-corrected chi connectivity index (χ0v) is 21.1. The predicted molar refractivity (Wildman–Crippen MR) is 137 cm³/mol. The molecule has 0 amide bonds. The van der Waals surface area contributed by atoms with Crippen molar-refractivity contribution in [3.63, 3.8) is 0 Å². The Bertz CT molecular complexity index is 1310. The Labute approximate surface area is 220 Å². The third kappa shape index (κ3) is 4.59. The van der Waals surface area contributed by atoms with Crippen LogP contribution in [0.5, 0.6) is 0 Å². The van der Waals surface area contributed by atoms with E-state index >= 15 is 0 Å². The molecule has 0 aliphatic heterocycles. The van der Waals surface area contributed by atoms with Gasteiger partial charge in [-0.3, -0.25) is 0 Å². The van der Waals surface area contributed by atoms with Crippen molar-refractivity contribution in [2.24, 2.45) is 0 Å². The van der Waals surface area contributed by atoms with E-state index in [0.29, 0.717) is 5.56 Å². The molecule has 0 aliphatic rings. The van der Waals surface area contributed by atoms with Crippen molar-refractivity contribution < 1.29 is 40.1 Å². The zero-order valence-electron chi connectivity index (χ0n) is 20.2. The molecule has 0 atom stereocenters. The average molecular weight is 566 g/mol. The number of benzene rings is 4. The standard InChI is InChI=1S/C29H22F7O2P/c30-27(31,28(32,33)29(34,35)36)26(37)38-39(23-15-7-2-8-16-23,24-17-9-3-10-18-24,25-19-11-4-12-20-25)21-22-13-5-1-6-14-22/h1-20H,21H2. The van der Waals surface area contributed by atoms with Gasteiger partial charge in [0.15, 0.2) is 0 Å². The van der Waals surface area contributed by atoms with E-state index in [1.54, 1.807) is 84.9 Å². The molecule has 0 bridgehead atoms. The van der Waals surface area contributed by atoms with Crippen LogP contribution in [-0.4, -0.2) is 24.0 Å². The fourth-order valence-electron chi connectivity index (χ4n) is 4.62. The first kappa shape index (κ1) is 28.3. The second-order valence-electron chi connectivity index (χ2n) is 8.89. The topological polar surface area (TPSA) is 26.3 Å². The number of halogens is 7. The van der Waals surface area contributed by atoms with Crippen LogP contribution in [0.2, 0.25) is 0 Å². The van der Waals surface area contributed by atoms with Gasteiger partial charge in [-0.1, -0.05) is 0 Å². The van der Waals surface area contributed by atoms with Crippen LogP contribution < -0.4 is 15.9 Å². The van der Waals surface area contributed by atoms with Crippen LogP contribution in [0, 0.1) is 0 Å².